The van der Waals surface area contributed by atoms with Gasteiger partial charge in [0.25, 0.3) is 0 Å². The summed E-state index contributed by atoms with van der Waals surface area (Å²) in [6, 6.07) is 8.82. The van der Waals surface area contributed by atoms with Crippen molar-refractivity contribution in [2.45, 2.75) is 31.6 Å². The number of Topliss-reactive ketones (excluding diaryl/α,β-unsaturated/α-hetero) is 1. The standard InChI is InChI=1S/C23H28O6/c1-26-19-10-9-14(11-18(19)24)16-7-5-6-8-17(16)22(25)15-12-20(27-2)23(29-4)21(13-15)28-3/h9-13,16-17,24H,5-8H2,1-4H3. The zero-order valence-corrected chi connectivity index (χ0v) is 17.4. The number of phenolic OH excluding ortho intramolecular Hbond substituents is 1. The summed E-state index contributed by atoms with van der Waals surface area (Å²) in [4.78, 5) is 13.5. The fourth-order valence-electron chi connectivity index (χ4n) is 4.22. The second kappa shape index (κ2) is 9.07. The first-order chi connectivity index (χ1) is 14.0. The van der Waals surface area contributed by atoms with Crippen molar-refractivity contribution in [3.63, 3.8) is 0 Å². The molecule has 0 radical (unpaired) electrons. The summed E-state index contributed by atoms with van der Waals surface area (Å²) in [5, 5.41) is 10.2. The highest BCUT2D eigenvalue weighted by molar-refractivity contribution is 5.99. The first-order valence-electron chi connectivity index (χ1n) is 9.75. The highest BCUT2D eigenvalue weighted by Crippen LogP contribution is 2.44. The second-order valence-corrected chi connectivity index (χ2v) is 7.21. The summed E-state index contributed by atoms with van der Waals surface area (Å²) < 4.78 is 21.3. The molecule has 0 spiro atoms. The average Bonchev–Trinajstić information content (AvgIpc) is 2.77. The fraction of sp³-hybridized carbons (Fsp3) is 0.435. The van der Waals surface area contributed by atoms with E-state index in [4.69, 9.17) is 18.9 Å². The van der Waals surface area contributed by atoms with Crippen molar-refractivity contribution >= 4 is 5.78 Å². The van der Waals surface area contributed by atoms with Gasteiger partial charge in [-0.25, -0.2) is 0 Å². The minimum atomic E-state index is -0.181. The Morgan fingerprint density at radius 3 is 2.03 bits per heavy atom. The zero-order chi connectivity index (χ0) is 21.0. The molecule has 29 heavy (non-hydrogen) atoms. The molecule has 6 heteroatoms. The maximum atomic E-state index is 13.5. The van der Waals surface area contributed by atoms with Crippen LogP contribution in [0.3, 0.4) is 0 Å². The van der Waals surface area contributed by atoms with Gasteiger partial charge in [0.05, 0.1) is 28.4 Å². The molecule has 2 atom stereocenters. The van der Waals surface area contributed by atoms with E-state index in [0.717, 1.165) is 31.2 Å². The lowest BCUT2D eigenvalue weighted by Gasteiger charge is -2.31. The Morgan fingerprint density at radius 2 is 1.48 bits per heavy atom. The normalized spacial score (nSPS) is 18.8. The topological polar surface area (TPSA) is 74.2 Å². The maximum absolute atomic E-state index is 13.5. The molecule has 1 saturated carbocycles. The number of ketones is 1. The molecule has 2 aromatic carbocycles. The molecule has 0 amide bonds. The highest BCUT2D eigenvalue weighted by Gasteiger charge is 2.34. The minimum Gasteiger partial charge on any atom is -0.504 e. The molecule has 1 aliphatic rings. The molecule has 0 aliphatic heterocycles. The monoisotopic (exact) mass is 400 g/mol. The lowest BCUT2D eigenvalue weighted by Crippen LogP contribution is -2.26. The number of rotatable bonds is 7. The SMILES string of the molecule is COc1ccc(C2CCCCC2C(=O)c2cc(OC)c(OC)c(OC)c2)cc1O. The quantitative estimate of drug-likeness (QED) is 0.686. The Morgan fingerprint density at radius 1 is 0.862 bits per heavy atom. The molecule has 2 aromatic rings. The predicted octanol–water partition coefficient (Wildman–Crippen LogP) is 4.58. The molecular weight excluding hydrogens is 372 g/mol. The van der Waals surface area contributed by atoms with Crippen LogP contribution in [0, 0.1) is 5.92 Å². The van der Waals surface area contributed by atoms with Crippen molar-refractivity contribution in [1.82, 2.24) is 0 Å². The van der Waals surface area contributed by atoms with Crippen LogP contribution in [-0.4, -0.2) is 39.3 Å². The van der Waals surface area contributed by atoms with Crippen LogP contribution < -0.4 is 18.9 Å². The van der Waals surface area contributed by atoms with Gasteiger partial charge < -0.3 is 24.1 Å². The fourth-order valence-corrected chi connectivity index (χ4v) is 4.22. The summed E-state index contributed by atoms with van der Waals surface area (Å²) in [6.07, 6.45) is 3.75. The number of hydrogen-bond donors (Lipinski definition) is 1. The van der Waals surface area contributed by atoms with Crippen LogP contribution in [0.1, 0.15) is 47.5 Å². The van der Waals surface area contributed by atoms with Gasteiger partial charge in [0.15, 0.2) is 28.8 Å². The van der Waals surface area contributed by atoms with Crippen molar-refractivity contribution in [2.75, 3.05) is 28.4 Å². The van der Waals surface area contributed by atoms with Gasteiger partial charge in [-0.15, -0.1) is 0 Å². The molecule has 2 unspecified atom stereocenters. The predicted molar refractivity (Wildman–Crippen MR) is 110 cm³/mol. The van der Waals surface area contributed by atoms with Crippen molar-refractivity contribution < 1.29 is 28.8 Å². The van der Waals surface area contributed by atoms with E-state index >= 15 is 0 Å². The number of methoxy groups -OCH3 is 4. The minimum absolute atomic E-state index is 0.0344. The van der Waals surface area contributed by atoms with E-state index < -0.39 is 0 Å². The van der Waals surface area contributed by atoms with Crippen molar-refractivity contribution in [3.05, 3.63) is 41.5 Å². The van der Waals surface area contributed by atoms with E-state index in [9.17, 15) is 9.90 Å². The van der Waals surface area contributed by atoms with Crippen LogP contribution in [0.5, 0.6) is 28.7 Å². The van der Waals surface area contributed by atoms with Crippen molar-refractivity contribution in [3.8, 4) is 28.7 Å². The first kappa shape index (κ1) is 20.8. The van der Waals surface area contributed by atoms with E-state index in [1.54, 1.807) is 24.3 Å². The molecule has 0 aromatic heterocycles. The third kappa shape index (κ3) is 4.11. The van der Waals surface area contributed by atoms with Gasteiger partial charge in [0, 0.05) is 11.5 Å². The number of hydrogen-bond acceptors (Lipinski definition) is 6. The number of aromatic hydroxyl groups is 1. The van der Waals surface area contributed by atoms with Crippen molar-refractivity contribution in [1.29, 1.82) is 0 Å². The third-order valence-electron chi connectivity index (χ3n) is 5.68. The summed E-state index contributed by atoms with van der Waals surface area (Å²) in [7, 11) is 6.13. The molecule has 6 nitrogen and oxygen atoms in total. The Kier molecular flexibility index (Phi) is 6.52. The molecule has 1 aliphatic carbocycles. The Bertz CT molecular complexity index is 851. The van der Waals surface area contributed by atoms with Crippen LogP contribution in [0.15, 0.2) is 30.3 Å². The van der Waals surface area contributed by atoms with E-state index in [-0.39, 0.29) is 23.4 Å². The van der Waals surface area contributed by atoms with Crippen LogP contribution in [-0.2, 0) is 0 Å². The summed E-state index contributed by atoms with van der Waals surface area (Å²) >= 11 is 0. The van der Waals surface area contributed by atoms with Crippen LogP contribution in [0.2, 0.25) is 0 Å². The molecule has 3 rings (SSSR count). The van der Waals surface area contributed by atoms with Gasteiger partial charge in [-0.3, -0.25) is 4.79 Å². The lowest BCUT2D eigenvalue weighted by molar-refractivity contribution is 0.0867. The summed E-state index contributed by atoms with van der Waals surface area (Å²) in [5.74, 6) is 1.81. The number of carbonyl (C=O) groups is 1. The second-order valence-electron chi connectivity index (χ2n) is 7.21. The van der Waals surface area contributed by atoms with Gasteiger partial charge >= 0.3 is 0 Å². The van der Waals surface area contributed by atoms with E-state index in [2.05, 4.69) is 0 Å². The lowest BCUT2D eigenvalue weighted by atomic mass is 9.72. The van der Waals surface area contributed by atoms with Crippen molar-refractivity contribution in [2.24, 2.45) is 5.92 Å². The Balaban J connectivity index is 1.97. The molecule has 1 N–H and O–H groups in total. The van der Waals surface area contributed by atoms with Crippen LogP contribution >= 0.6 is 0 Å². The van der Waals surface area contributed by atoms with Gasteiger partial charge in [0.1, 0.15) is 0 Å². The zero-order valence-electron chi connectivity index (χ0n) is 17.4. The Hall–Kier alpha value is -2.89. The van der Waals surface area contributed by atoms with E-state index in [1.807, 2.05) is 6.07 Å². The molecule has 0 bridgehead atoms. The van der Waals surface area contributed by atoms with Crippen LogP contribution in [0.4, 0.5) is 0 Å². The smallest absolute Gasteiger partial charge is 0.203 e. The number of benzene rings is 2. The number of phenols is 1. The van der Waals surface area contributed by atoms with E-state index in [0.29, 0.717) is 28.6 Å². The molecule has 1 fully saturated rings. The average molecular weight is 400 g/mol. The molecule has 0 heterocycles. The summed E-state index contributed by atoms with van der Waals surface area (Å²) in [5.41, 5.74) is 1.49. The van der Waals surface area contributed by atoms with Gasteiger partial charge in [-0.2, -0.15) is 0 Å². The van der Waals surface area contributed by atoms with Crippen LogP contribution in [0.25, 0.3) is 0 Å². The molecular formula is C23H28O6. The maximum Gasteiger partial charge on any atom is 0.203 e. The number of carbonyl (C=O) groups excluding carboxylic acids is 1. The summed E-state index contributed by atoms with van der Waals surface area (Å²) in [6.45, 7) is 0. The van der Waals surface area contributed by atoms with Gasteiger partial charge in [-0.05, 0) is 48.6 Å². The van der Waals surface area contributed by atoms with E-state index in [1.165, 1.54) is 28.4 Å². The number of ether oxygens (including phenoxy) is 4. The third-order valence-corrected chi connectivity index (χ3v) is 5.68. The first-order valence-corrected chi connectivity index (χ1v) is 9.75. The Labute approximate surface area is 171 Å². The highest BCUT2D eigenvalue weighted by atomic mass is 16.5. The van der Waals surface area contributed by atoms with Gasteiger partial charge in [0.2, 0.25) is 5.75 Å². The van der Waals surface area contributed by atoms with Gasteiger partial charge in [-0.1, -0.05) is 18.9 Å². The molecule has 156 valence electrons. The largest absolute Gasteiger partial charge is 0.504 e. The molecule has 0 saturated heterocycles.